The van der Waals surface area contributed by atoms with E-state index in [1.165, 1.54) is 17.7 Å². The Hall–Kier alpha value is -1.81. The van der Waals surface area contributed by atoms with Gasteiger partial charge in [-0.2, -0.15) is 0 Å². The molecule has 2 nitrogen and oxygen atoms in total. The first-order valence-electron chi connectivity index (χ1n) is 7.35. The molecule has 1 aliphatic heterocycles. The third-order valence-corrected chi connectivity index (χ3v) is 5.07. The molecule has 0 bridgehead atoms. The second-order valence-electron chi connectivity index (χ2n) is 5.72. The number of hydrogen-bond acceptors (Lipinski definition) is 2. The quantitative estimate of drug-likeness (QED) is 0.816. The Balaban J connectivity index is 1.92. The van der Waals surface area contributed by atoms with Crippen LogP contribution in [0.15, 0.2) is 48.5 Å². The van der Waals surface area contributed by atoms with Gasteiger partial charge in [0.15, 0.2) is 0 Å². The molecule has 2 aromatic rings. The lowest BCUT2D eigenvalue weighted by Crippen LogP contribution is -2.27. The lowest BCUT2D eigenvalue weighted by Gasteiger charge is -2.24. The van der Waals surface area contributed by atoms with Crippen molar-refractivity contribution < 1.29 is 9.18 Å². The Morgan fingerprint density at radius 2 is 1.73 bits per heavy atom. The highest BCUT2D eigenvalue weighted by atomic mass is 32.2. The number of rotatable bonds is 3. The molecule has 4 heteroatoms. The molecule has 1 unspecified atom stereocenters. The summed E-state index contributed by atoms with van der Waals surface area (Å²) in [5.74, 6) is 0.752. The van der Waals surface area contributed by atoms with E-state index in [0.717, 1.165) is 11.3 Å². The van der Waals surface area contributed by atoms with Crippen LogP contribution in [0.25, 0.3) is 0 Å². The topological polar surface area (TPSA) is 20.3 Å². The molecule has 1 fully saturated rings. The van der Waals surface area contributed by atoms with Crippen LogP contribution >= 0.6 is 11.8 Å². The number of carbonyl (C=O) groups excluding carboxylic acids is 1. The molecule has 0 spiro atoms. The maximum absolute atomic E-state index is 13.1. The van der Waals surface area contributed by atoms with Crippen LogP contribution in [0, 0.1) is 5.82 Å². The third-order valence-electron chi connectivity index (χ3n) is 3.86. The first kappa shape index (κ1) is 15.1. The number of halogens is 1. The van der Waals surface area contributed by atoms with Crippen LogP contribution in [0.4, 0.5) is 10.1 Å². The number of amides is 1. The van der Waals surface area contributed by atoms with Crippen LogP contribution in [0.5, 0.6) is 0 Å². The summed E-state index contributed by atoms with van der Waals surface area (Å²) in [6, 6.07) is 14.5. The molecule has 1 aliphatic rings. The van der Waals surface area contributed by atoms with Crippen LogP contribution in [-0.4, -0.2) is 11.7 Å². The summed E-state index contributed by atoms with van der Waals surface area (Å²) in [6.07, 6.45) is 0. The SMILES string of the molecule is CC(C)c1ccc(N2C(=O)CSC2c2ccc(F)cc2)cc1. The van der Waals surface area contributed by atoms with Gasteiger partial charge in [0.25, 0.3) is 0 Å². The second-order valence-corrected chi connectivity index (χ2v) is 6.79. The molecule has 114 valence electrons. The van der Waals surface area contributed by atoms with Gasteiger partial charge in [-0.15, -0.1) is 11.8 Å². The summed E-state index contributed by atoms with van der Waals surface area (Å²) in [4.78, 5) is 14.1. The van der Waals surface area contributed by atoms with Gasteiger partial charge in [-0.3, -0.25) is 9.69 Å². The van der Waals surface area contributed by atoms with E-state index in [1.54, 1.807) is 23.9 Å². The first-order valence-corrected chi connectivity index (χ1v) is 8.40. The third kappa shape index (κ3) is 2.88. The van der Waals surface area contributed by atoms with E-state index in [-0.39, 0.29) is 17.1 Å². The summed E-state index contributed by atoms with van der Waals surface area (Å²) >= 11 is 1.58. The summed E-state index contributed by atoms with van der Waals surface area (Å²) in [7, 11) is 0. The predicted octanol–water partition coefficient (Wildman–Crippen LogP) is 4.73. The number of thioether (sulfide) groups is 1. The summed E-state index contributed by atoms with van der Waals surface area (Å²) in [5, 5.41) is -0.0852. The molecule has 0 radical (unpaired) electrons. The van der Waals surface area contributed by atoms with E-state index in [2.05, 4.69) is 26.0 Å². The highest BCUT2D eigenvalue weighted by Crippen LogP contribution is 2.41. The van der Waals surface area contributed by atoms with E-state index in [0.29, 0.717) is 11.7 Å². The largest absolute Gasteiger partial charge is 0.295 e. The number of carbonyl (C=O) groups is 1. The van der Waals surface area contributed by atoms with E-state index in [1.807, 2.05) is 17.0 Å². The van der Waals surface area contributed by atoms with Crippen molar-refractivity contribution in [3.63, 3.8) is 0 Å². The number of benzene rings is 2. The van der Waals surface area contributed by atoms with Crippen LogP contribution in [0.1, 0.15) is 36.3 Å². The average molecular weight is 315 g/mol. The maximum Gasteiger partial charge on any atom is 0.238 e. The van der Waals surface area contributed by atoms with Gasteiger partial charge < -0.3 is 0 Å². The lowest BCUT2D eigenvalue weighted by molar-refractivity contribution is -0.115. The Kier molecular flexibility index (Phi) is 4.21. The standard InChI is InChI=1S/C18H18FNOS/c1-12(2)13-5-9-16(10-6-13)20-17(21)11-22-18(20)14-3-7-15(19)8-4-14/h3-10,12,18H,11H2,1-2H3. The van der Waals surface area contributed by atoms with Gasteiger partial charge in [-0.05, 0) is 41.3 Å². The normalized spacial score (nSPS) is 18.3. The average Bonchev–Trinajstić information content (AvgIpc) is 2.90. The minimum Gasteiger partial charge on any atom is -0.295 e. The predicted molar refractivity (Wildman–Crippen MR) is 89.6 cm³/mol. The van der Waals surface area contributed by atoms with Crippen molar-refractivity contribution in [1.29, 1.82) is 0 Å². The fraction of sp³-hybridized carbons (Fsp3) is 0.278. The van der Waals surface area contributed by atoms with Gasteiger partial charge in [0, 0.05) is 5.69 Å². The zero-order valence-corrected chi connectivity index (χ0v) is 13.4. The Bertz CT molecular complexity index is 666. The molecule has 2 aromatic carbocycles. The Morgan fingerprint density at radius 3 is 2.32 bits per heavy atom. The molecular weight excluding hydrogens is 297 g/mol. The van der Waals surface area contributed by atoms with E-state index in [9.17, 15) is 9.18 Å². The molecule has 1 saturated heterocycles. The molecule has 0 aromatic heterocycles. The van der Waals surface area contributed by atoms with E-state index in [4.69, 9.17) is 0 Å². The highest BCUT2D eigenvalue weighted by molar-refractivity contribution is 8.00. The molecule has 0 aliphatic carbocycles. The Labute approximate surface area is 134 Å². The minimum absolute atomic E-state index is 0.0852. The van der Waals surface area contributed by atoms with Crippen molar-refractivity contribution in [2.75, 3.05) is 10.7 Å². The van der Waals surface area contributed by atoms with Crippen LogP contribution < -0.4 is 4.90 Å². The van der Waals surface area contributed by atoms with Crippen molar-refractivity contribution in [2.24, 2.45) is 0 Å². The smallest absolute Gasteiger partial charge is 0.238 e. The molecule has 1 amide bonds. The highest BCUT2D eigenvalue weighted by Gasteiger charge is 2.33. The van der Waals surface area contributed by atoms with Crippen molar-refractivity contribution in [2.45, 2.75) is 25.1 Å². The van der Waals surface area contributed by atoms with Gasteiger partial charge in [0.1, 0.15) is 11.2 Å². The van der Waals surface area contributed by atoms with Gasteiger partial charge in [0.05, 0.1) is 5.75 Å². The zero-order valence-electron chi connectivity index (χ0n) is 12.6. The monoisotopic (exact) mass is 315 g/mol. The fourth-order valence-corrected chi connectivity index (χ4v) is 3.77. The molecule has 1 heterocycles. The number of hydrogen-bond donors (Lipinski definition) is 0. The maximum atomic E-state index is 13.1. The molecule has 3 rings (SSSR count). The van der Waals surface area contributed by atoms with Crippen LogP contribution in [0.2, 0.25) is 0 Å². The molecule has 22 heavy (non-hydrogen) atoms. The summed E-state index contributed by atoms with van der Waals surface area (Å²) in [5.41, 5.74) is 3.10. The van der Waals surface area contributed by atoms with Gasteiger partial charge >= 0.3 is 0 Å². The zero-order chi connectivity index (χ0) is 15.7. The van der Waals surface area contributed by atoms with Crippen LogP contribution in [0.3, 0.4) is 0 Å². The van der Waals surface area contributed by atoms with Gasteiger partial charge in [-0.1, -0.05) is 38.1 Å². The van der Waals surface area contributed by atoms with Crippen LogP contribution in [-0.2, 0) is 4.79 Å². The van der Waals surface area contributed by atoms with E-state index >= 15 is 0 Å². The molecule has 0 N–H and O–H groups in total. The van der Waals surface area contributed by atoms with E-state index < -0.39 is 0 Å². The summed E-state index contributed by atoms with van der Waals surface area (Å²) < 4.78 is 13.1. The fourth-order valence-electron chi connectivity index (χ4n) is 2.60. The minimum atomic E-state index is -0.258. The second kappa shape index (κ2) is 6.13. The van der Waals surface area contributed by atoms with Crippen molar-refractivity contribution >= 4 is 23.4 Å². The van der Waals surface area contributed by atoms with Crippen molar-refractivity contribution in [3.05, 3.63) is 65.5 Å². The molecule has 0 saturated carbocycles. The Morgan fingerprint density at radius 1 is 1.09 bits per heavy atom. The number of anilines is 1. The molecular formula is C18H18FNOS. The molecule has 1 atom stereocenters. The van der Waals surface area contributed by atoms with Gasteiger partial charge in [0.2, 0.25) is 5.91 Å². The van der Waals surface area contributed by atoms with Gasteiger partial charge in [-0.25, -0.2) is 4.39 Å². The summed E-state index contributed by atoms with van der Waals surface area (Å²) in [6.45, 7) is 4.29. The lowest BCUT2D eigenvalue weighted by atomic mass is 10.0. The number of nitrogens with zero attached hydrogens (tertiary/aromatic N) is 1. The van der Waals surface area contributed by atoms with Crippen molar-refractivity contribution in [3.8, 4) is 0 Å². The first-order chi connectivity index (χ1) is 10.6. The van der Waals surface area contributed by atoms with Crippen molar-refractivity contribution in [1.82, 2.24) is 0 Å².